The second-order valence-electron chi connectivity index (χ2n) is 5.53. The molecule has 0 aliphatic heterocycles. The van der Waals surface area contributed by atoms with Gasteiger partial charge < -0.3 is 15.5 Å². The SMILES string of the molecule is O=C(O)[C@H](CO)Nc1ccc(S(=O)(=O)c2ccc(F)c([N+](=O)[O-])c2)cc1[N+](=O)[O-]. The summed E-state index contributed by atoms with van der Waals surface area (Å²) < 4.78 is 38.8. The van der Waals surface area contributed by atoms with E-state index in [2.05, 4.69) is 5.32 Å². The fourth-order valence-electron chi connectivity index (χ4n) is 2.26. The number of carboxylic acid groups (broad SMARTS) is 1. The van der Waals surface area contributed by atoms with Gasteiger partial charge in [-0.25, -0.2) is 13.2 Å². The van der Waals surface area contributed by atoms with E-state index < -0.39 is 65.3 Å². The highest BCUT2D eigenvalue weighted by Crippen LogP contribution is 2.32. The molecule has 0 radical (unpaired) electrons. The summed E-state index contributed by atoms with van der Waals surface area (Å²) in [6.45, 7) is -0.897. The van der Waals surface area contributed by atoms with E-state index in [0.29, 0.717) is 18.2 Å². The van der Waals surface area contributed by atoms with Crippen LogP contribution in [0, 0.1) is 26.0 Å². The minimum Gasteiger partial charge on any atom is -0.480 e. The van der Waals surface area contributed by atoms with Gasteiger partial charge in [-0.15, -0.1) is 0 Å². The molecule has 0 heterocycles. The number of sulfone groups is 1. The number of rotatable bonds is 8. The summed E-state index contributed by atoms with van der Waals surface area (Å²) in [6.07, 6.45) is 0. The average molecular weight is 429 g/mol. The number of aliphatic hydroxyl groups is 1. The van der Waals surface area contributed by atoms with Gasteiger partial charge >= 0.3 is 11.7 Å². The molecule has 0 aliphatic rings. The van der Waals surface area contributed by atoms with Crippen molar-refractivity contribution in [2.75, 3.05) is 11.9 Å². The Balaban J connectivity index is 2.56. The Bertz CT molecular complexity index is 1100. The summed E-state index contributed by atoms with van der Waals surface area (Å²) in [5.74, 6) is -2.76. The van der Waals surface area contributed by atoms with E-state index >= 15 is 0 Å². The molecule has 12 nitrogen and oxygen atoms in total. The summed E-state index contributed by atoms with van der Waals surface area (Å²) in [4.78, 5) is 29.7. The van der Waals surface area contributed by atoms with E-state index in [-0.39, 0.29) is 5.69 Å². The fraction of sp³-hybridized carbons (Fsp3) is 0.133. The average Bonchev–Trinajstić information content (AvgIpc) is 2.65. The highest BCUT2D eigenvalue weighted by molar-refractivity contribution is 7.91. The van der Waals surface area contributed by atoms with E-state index in [1.165, 1.54) is 0 Å². The standard InChI is InChI=1S/C15H12FN3O9S/c16-10-3-1-8(5-13(10)18(23)24)29(27,28)9-2-4-11(14(6-9)19(25)26)17-12(7-20)15(21)22/h1-6,12,17,20H,7H2,(H,21,22)/t12-/m0/s1. The molecule has 3 N–H and O–H groups in total. The van der Waals surface area contributed by atoms with Gasteiger partial charge in [-0.3, -0.25) is 20.2 Å². The first-order valence-corrected chi connectivity index (χ1v) is 9.05. The molecule has 0 aliphatic carbocycles. The molecule has 14 heteroatoms. The van der Waals surface area contributed by atoms with Crippen molar-refractivity contribution in [2.24, 2.45) is 0 Å². The second kappa shape index (κ2) is 8.15. The summed E-state index contributed by atoms with van der Waals surface area (Å²) in [7, 11) is -4.50. The third kappa shape index (κ3) is 4.44. The highest BCUT2D eigenvalue weighted by atomic mass is 32.2. The van der Waals surface area contributed by atoms with Crippen molar-refractivity contribution in [2.45, 2.75) is 15.8 Å². The monoisotopic (exact) mass is 429 g/mol. The number of nitro benzene ring substituents is 2. The van der Waals surface area contributed by atoms with E-state index in [1.807, 2.05) is 0 Å². The smallest absolute Gasteiger partial charge is 0.328 e. The van der Waals surface area contributed by atoms with Crippen molar-refractivity contribution >= 4 is 32.9 Å². The lowest BCUT2D eigenvalue weighted by Crippen LogP contribution is -2.33. The Kier molecular flexibility index (Phi) is 6.09. The number of hydrogen-bond acceptors (Lipinski definition) is 9. The quantitative estimate of drug-likeness (QED) is 0.313. The molecule has 2 aromatic carbocycles. The van der Waals surface area contributed by atoms with Crippen LogP contribution in [0.3, 0.4) is 0 Å². The number of anilines is 1. The number of aliphatic carboxylic acids is 1. The third-order valence-electron chi connectivity index (χ3n) is 3.71. The van der Waals surface area contributed by atoms with E-state index in [0.717, 1.165) is 18.2 Å². The maximum Gasteiger partial charge on any atom is 0.328 e. The van der Waals surface area contributed by atoms with Crippen LogP contribution >= 0.6 is 0 Å². The van der Waals surface area contributed by atoms with E-state index in [4.69, 9.17) is 10.2 Å². The van der Waals surface area contributed by atoms with Crippen LogP contribution < -0.4 is 5.32 Å². The molecule has 0 aromatic heterocycles. The molecule has 0 amide bonds. The van der Waals surface area contributed by atoms with Crippen LogP contribution in [0.5, 0.6) is 0 Å². The summed E-state index contributed by atoms with van der Waals surface area (Å²) in [6, 6.07) is 2.66. The van der Waals surface area contributed by atoms with Crippen molar-refractivity contribution in [1.29, 1.82) is 0 Å². The molecule has 2 rings (SSSR count). The number of nitrogens with zero attached hydrogens (tertiary/aromatic N) is 2. The van der Waals surface area contributed by atoms with Crippen LogP contribution in [0.15, 0.2) is 46.2 Å². The zero-order chi connectivity index (χ0) is 21.9. The first-order valence-electron chi connectivity index (χ1n) is 7.56. The Hall–Kier alpha value is -3.65. The molecule has 0 fully saturated rings. The zero-order valence-electron chi connectivity index (χ0n) is 14.2. The number of nitrogens with one attached hydrogen (secondary N) is 1. The first-order chi connectivity index (χ1) is 13.5. The van der Waals surface area contributed by atoms with Gasteiger partial charge in [0.05, 0.1) is 26.2 Å². The molecule has 0 saturated heterocycles. The summed E-state index contributed by atoms with van der Waals surface area (Å²) in [5.41, 5.74) is -2.28. The zero-order valence-corrected chi connectivity index (χ0v) is 15.0. The molecule has 0 bridgehead atoms. The van der Waals surface area contributed by atoms with Gasteiger partial charge in [-0.2, -0.15) is 4.39 Å². The third-order valence-corrected chi connectivity index (χ3v) is 5.46. The molecule has 1 atom stereocenters. The lowest BCUT2D eigenvalue weighted by molar-refractivity contribution is -0.387. The molecule has 29 heavy (non-hydrogen) atoms. The molecule has 154 valence electrons. The Morgan fingerprint density at radius 3 is 2.07 bits per heavy atom. The van der Waals surface area contributed by atoms with Crippen LogP contribution in [0.1, 0.15) is 0 Å². The Morgan fingerprint density at radius 1 is 1.07 bits per heavy atom. The molecular formula is C15H12FN3O9S. The number of hydrogen-bond donors (Lipinski definition) is 3. The van der Waals surface area contributed by atoms with Gasteiger partial charge in [0.2, 0.25) is 15.7 Å². The van der Waals surface area contributed by atoms with Crippen LogP contribution in [0.2, 0.25) is 0 Å². The fourth-order valence-corrected chi connectivity index (χ4v) is 3.56. The van der Waals surface area contributed by atoms with Crippen LogP contribution in [-0.2, 0) is 14.6 Å². The van der Waals surface area contributed by atoms with Crippen LogP contribution in [-0.4, -0.2) is 47.1 Å². The van der Waals surface area contributed by atoms with E-state index in [1.54, 1.807) is 0 Å². The van der Waals surface area contributed by atoms with Crippen molar-refractivity contribution < 1.29 is 37.7 Å². The van der Waals surface area contributed by atoms with Gasteiger partial charge in [0.15, 0.2) is 0 Å². The van der Waals surface area contributed by atoms with Gasteiger partial charge in [-0.05, 0) is 24.3 Å². The van der Waals surface area contributed by atoms with Gasteiger partial charge in [-0.1, -0.05) is 0 Å². The number of nitro groups is 2. The topological polar surface area (TPSA) is 190 Å². The number of benzene rings is 2. The second-order valence-corrected chi connectivity index (χ2v) is 7.48. The molecular weight excluding hydrogens is 417 g/mol. The Labute approximate surface area is 161 Å². The number of carbonyl (C=O) groups is 1. The van der Waals surface area contributed by atoms with Gasteiger partial charge in [0.25, 0.3) is 5.69 Å². The number of halogens is 1. The maximum absolute atomic E-state index is 13.5. The lowest BCUT2D eigenvalue weighted by atomic mass is 10.2. The normalized spacial score (nSPS) is 12.2. The minimum atomic E-state index is -4.50. The van der Waals surface area contributed by atoms with Crippen LogP contribution in [0.25, 0.3) is 0 Å². The largest absolute Gasteiger partial charge is 0.480 e. The van der Waals surface area contributed by atoms with Crippen molar-refractivity contribution in [3.05, 3.63) is 62.4 Å². The molecule has 0 spiro atoms. The summed E-state index contributed by atoms with van der Waals surface area (Å²) >= 11 is 0. The lowest BCUT2D eigenvalue weighted by Gasteiger charge is -2.14. The first kappa shape index (κ1) is 21.6. The Morgan fingerprint density at radius 2 is 1.59 bits per heavy atom. The van der Waals surface area contributed by atoms with E-state index in [9.17, 15) is 37.8 Å². The van der Waals surface area contributed by atoms with Crippen molar-refractivity contribution in [3.8, 4) is 0 Å². The van der Waals surface area contributed by atoms with Crippen molar-refractivity contribution in [3.63, 3.8) is 0 Å². The maximum atomic E-state index is 13.5. The number of aliphatic hydroxyl groups excluding tert-OH is 1. The van der Waals surface area contributed by atoms with Gasteiger partial charge in [0.1, 0.15) is 11.7 Å². The molecule has 0 unspecified atom stereocenters. The minimum absolute atomic E-state index is 0.375. The molecule has 0 saturated carbocycles. The summed E-state index contributed by atoms with van der Waals surface area (Å²) in [5, 5.41) is 42.2. The number of carboxylic acids is 1. The molecule has 2 aromatic rings. The van der Waals surface area contributed by atoms with Gasteiger partial charge in [0, 0.05) is 12.1 Å². The highest BCUT2D eigenvalue weighted by Gasteiger charge is 2.27. The van der Waals surface area contributed by atoms with Crippen molar-refractivity contribution in [1.82, 2.24) is 0 Å². The van der Waals surface area contributed by atoms with Crippen LogP contribution in [0.4, 0.5) is 21.5 Å². The predicted octanol–water partition coefficient (Wildman–Crippen LogP) is 1.33. The predicted molar refractivity (Wildman–Crippen MR) is 93.7 cm³/mol.